The molecule has 0 unspecified atom stereocenters. The summed E-state index contributed by atoms with van der Waals surface area (Å²) in [5, 5.41) is 6.00. The van der Waals surface area contributed by atoms with E-state index in [1.807, 2.05) is 6.07 Å². The zero-order valence-corrected chi connectivity index (χ0v) is 15.8. The van der Waals surface area contributed by atoms with Crippen LogP contribution in [0, 0.1) is 0 Å². The number of halogens is 1. The molecule has 0 saturated carbocycles. The second kappa shape index (κ2) is 7.13. The Morgan fingerprint density at radius 3 is 2.77 bits per heavy atom. The number of sulfonamides is 1. The van der Waals surface area contributed by atoms with Gasteiger partial charge in [-0.2, -0.15) is 5.10 Å². The predicted octanol–water partition coefficient (Wildman–Crippen LogP) is 3.39. The second-order valence-corrected chi connectivity index (χ2v) is 8.24. The summed E-state index contributed by atoms with van der Waals surface area (Å²) in [5.74, 6) is 0.310. The van der Waals surface area contributed by atoms with Gasteiger partial charge in [0.1, 0.15) is 11.8 Å². The average Bonchev–Trinajstić information content (AvgIpc) is 3.21. The van der Waals surface area contributed by atoms with Crippen LogP contribution in [0.15, 0.2) is 45.9 Å². The van der Waals surface area contributed by atoms with Gasteiger partial charge in [0.25, 0.3) is 0 Å². The molecule has 1 aliphatic heterocycles. The van der Waals surface area contributed by atoms with Gasteiger partial charge in [0, 0.05) is 19.0 Å². The fourth-order valence-electron chi connectivity index (χ4n) is 2.72. The van der Waals surface area contributed by atoms with Crippen LogP contribution in [0.5, 0.6) is 0 Å². The lowest BCUT2D eigenvalue weighted by molar-refractivity contribution is -0.130. The van der Waals surface area contributed by atoms with Crippen molar-refractivity contribution in [2.75, 3.05) is 10.5 Å². The molecule has 0 fully saturated rings. The fraction of sp³-hybridized carbons (Fsp3) is 0.294. The summed E-state index contributed by atoms with van der Waals surface area (Å²) in [4.78, 5) is 12.0. The first-order chi connectivity index (χ1) is 12.3. The van der Waals surface area contributed by atoms with E-state index in [1.54, 1.807) is 37.3 Å². The number of amides is 1. The minimum atomic E-state index is -3.37. The summed E-state index contributed by atoms with van der Waals surface area (Å²) >= 11 is 5.84. The van der Waals surface area contributed by atoms with E-state index in [-0.39, 0.29) is 22.9 Å². The zero-order chi connectivity index (χ0) is 18.9. The SMILES string of the molecule is CCS(=O)(=O)Nc1cccc(C2=NN(C(C)=O)[C@@H](c3ccc(Cl)o3)C2)c1. The summed E-state index contributed by atoms with van der Waals surface area (Å²) in [7, 11) is -3.37. The van der Waals surface area contributed by atoms with Gasteiger partial charge in [-0.15, -0.1) is 0 Å². The second-order valence-electron chi connectivity index (χ2n) is 5.86. The Kier molecular flexibility index (Phi) is 5.06. The highest BCUT2D eigenvalue weighted by atomic mass is 35.5. The first-order valence-electron chi connectivity index (χ1n) is 8.02. The van der Waals surface area contributed by atoms with E-state index in [2.05, 4.69) is 9.82 Å². The summed E-state index contributed by atoms with van der Waals surface area (Å²) < 4.78 is 31.5. The highest BCUT2D eigenvalue weighted by Crippen LogP contribution is 2.34. The number of furan rings is 1. The van der Waals surface area contributed by atoms with E-state index < -0.39 is 10.0 Å². The van der Waals surface area contributed by atoms with E-state index in [0.29, 0.717) is 23.6 Å². The van der Waals surface area contributed by atoms with Crippen LogP contribution >= 0.6 is 11.6 Å². The molecular formula is C17H18ClN3O4S. The van der Waals surface area contributed by atoms with Gasteiger partial charge in [-0.3, -0.25) is 9.52 Å². The van der Waals surface area contributed by atoms with Crippen molar-refractivity contribution in [3.05, 3.63) is 52.9 Å². The highest BCUT2D eigenvalue weighted by molar-refractivity contribution is 7.92. The lowest BCUT2D eigenvalue weighted by Crippen LogP contribution is -2.23. The molecule has 26 heavy (non-hydrogen) atoms. The Hall–Kier alpha value is -2.32. The van der Waals surface area contributed by atoms with Crippen molar-refractivity contribution in [3.63, 3.8) is 0 Å². The maximum absolute atomic E-state index is 12.0. The van der Waals surface area contributed by atoms with E-state index >= 15 is 0 Å². The van der Waals surface area contributed by atoms with Gasteiger partial charge in [0.15, 0.2) is 5.22 Å². The minimum Gasteiger partial charge on any atom is -0.447 e. The Bertz CT molecular complexity index is 968. The number of hydrogen-bond donors (Lipinski definition) is 1. The fourth-order valence-corrected chi connectivity index (χ4v) is 3.50. The molecule has 0 spiro atoms. The molecule has 1 atom stereocenters. The summed E-state index contributed by atoms with van der Waals surface area (Å²) in [6, 6.07) is 9.87. The van der Waals surface area contributed by atoms with Crippen LogP contribution in [0.3, 0.4) is 0 Å². The lowest BCUT2D eigenvalue weighted by atomic mass is 10.0. The van der Waals surface area contributed by atoms with E-state index in [9.17, 15) is 13.2 Å². The average molecular weight is 396 g/mol. The van der Waals surface area contributed by atoms with Crippen molar-refractivity contribution in [1.29, 1.82) is 0 Å². The summed E-state index contributed by atoms with van der Waals surface area (Å²) in [6.07, 6.45) is 0.438. The Labute approximate surface area is 156 Å². The molecule has 1 aliphatic rings. The molecule has 0 saturated heterocycles. The van der Waals surface area contributed by atoms with Crippen molar-refractivity contribution in [2.45, 2.75) is 26.3 Å². The molecular weight excluding hydrogens is 378 g/mol. The molecule has 1 N–H and O–H groups in total. The summed E-state index contributed by atoms with van der Waals surface area (Å²) in [6.45, 7) is 2.99. The van der Waals surface area contributed by atoms with Crippen LogP contribution in [-0.2, 0) is 14.8 Å². The number of nitrogens with zero attached hydrogens (tertiary/aromatic N) is 2. The number of carbonyl (C=O) groups excluding carboxylic acids is 1. The normalized spacial score (nSPS) is 17.3. The van der Waals surface area contributed by atoms with Gasteiger partial charge < -0.3 is 4.42 Å². The Morgan fingerprint density at radius 2 is 2.15 bits per heavy atom. The van der Waals surface area contributed by atoms with Crippen molar-refractivity contribution >= 4 is 38.9 Å². The smallest absolute Gasteiger partial charge is 0.240 e. The molecule has 0 aliphatic carbocycles. The standard InChI is InChI=1S/C17H18ClN3O4S/c1-3-26(23,24)20-13-6-4-5-12(9-13)14-10-15(21(19-14)11(2)22)16-7-8-17(18)25-16/h4-9,15,20H,3,10H2,1-2H3/t15-/m1/s1. The number of benzene rings is 1. The van der Waals surface area contributed by atoms with Crippen molar-refractivity contribution in [3.8, 4) is 0 Å². The van der Waals surface area contributed by atoms with Crippen molar-refractivity contribution in [1.82, 2.24) is 5.01 Å². The van der Waals surface area contributed by atoms with Gasteiger partial charge in [0.05, 0.1) is 11.5 Å². The molecule has 0 bridgehead atoms. The predicted molar refractivity (Wildman–Crippen MR) is 99.7 cm³/mol. The highest BCUT2D eigenvalue weighted by Gasteiger charge is 2.33. The van der Waals surface area contributed by atoms with Gasteiger partial charge in [0.2, 0.25) is 15.9 Å². The van der Waals surface area contributed by atoms with Crippen molar-refractivity contribution < 1.29 is 17.6 Å². The molecule has 1 aromatic heterocycles. The molecule has 138 valence electrons. The number of hydrogen-bond acceptors (Lipinski definition) is 5. The van der Waals surface area contributed by atoms with Gasteiger partial charge in [-0.1, -0.05) is 12.1 Å². The molecule has 9 heteroatoms. The Balaban J connectivity index is 1.90. The van der Waals surface area contributed by atoms with E-state index in [0.717, 1.165) is 5.56 Å². The monoisotopic (exact) mass is 395 g/mol. The van der Waals surface area contributed by atoms with Gasteiger partial charge in [-0.25, -0.2) is 13.4 Å². The van der Waals surface area contributed by atoms with Crippen LogP contribution in [0.2, 0.25) is 5.22 Å². The van der Waals surface area contributed by atoms with E-state index in [4.69, 9.17) is 16.0 Å². The first-order valence-corrected chi connectivity index (χ1v) is 10.1. The molecule has 1 aromatic carbocycles. The molecule has 7 nitrogen and oxygen atoms in total. The van der Waals surface area contributed by atoms with Crippen LogP contribution in [0.25, 0.3) is 0 Å². The molecule has 3 rings (SSSR count). The number of hydrazone groups is 1. The largest absolute Gasteiger partial charge is 0.447 e. The zero-order valence-electron chi connectivity index (χ0n) is 14.3. The third-order valence-electron chi connectivity index (χ3n) is 4.00. The minimum absolute atomic E-state index is 0.0163. The Morgan fingerprint density at radius 1 is 1.38 bits per heavy atom. The maximum atomic E-state index is 12.0. The lowest BCUT2D eigenvalue weighted by Gasteiger charge is -2.17. The molecule has 0 radical (unpaired) electrons. The van der Waals surface area contributed by atoms with Crippen LogP contribution in [0.1, 0.15) is 37.6 Å². The maximum Gasteiger partial charge on any atom is 0.240 e. The number of rotatable bonds is 5. The topological polar surface area (TPSA) is 92.0 Å². The van der Waals surface area contributed by atoms with E-state index in [1.165, 1.54) is 11.9 Å². The number of carbonyl (C=O) groups is 1. The first kappa shape index (κ1) is 18.5. The van der Waals surface area contributed by atoms with Crippen LogP contribution in [-0.4, -0.2) is 30.8 Å². The summed E-state index contributed by atoms with van der Waals surface area (Å²) in [5.41, 5.74) is 1.84. The number of nitrogens with one attached hydrogen (secondary N) is 1. The molecule has 1 amide bonds. The third-order valence-corrected chi connectivity index (χ3v) is 5.51. The van der Waals surface area contributed by atoms with Crippen LogP contribution < -0.4 is 4.72 Å². The van der Waals surface area contributed by atoms with Crippen molar-refractivity contribution in [2.24, 2.45) is 5.10 Å². The third kappa shape index (κ3) is 3.91. The quantitative estimate of drug-likeness (QED) is 0.839. The van der Waals surface area contributed by atoms with Gasteiger partial charge >= 0.3 is 0 Å². The van der Waals surface area contributed by atoms with Gasteiger partial charge in [-0.05, 0) is 48.4 Å². The molecule has 2 heterocycles. The number of anilines is 1. The molecule has 2 aromatic rings. The van der Waals surface area contributed by atoms with Crippen LogP contribution in [0.4, 0.5) is 5.69 Å².